The van der Waals surface area contributed by atoms with Crippen molar-refractivity contribution in [3.63, 3.8) is 0 Å². The van der Waals surface area contributed by atoms with Gasteiger partial charge in [0.1, 0.15) is 0 Å². The molecule has 1 aliphatic rings. The highest BCUT2D eigenvalue weighted by atomic mass is 32.2. The highest BCUT2D eigenvalue weighted by molar-refractivity contribution is 7.89. The maximum absolute atomic E-state index is 12.6. The van der Waals surface area contributed by atoms with Crippen molar-refractivity contribution in [1.82, 2.24) is 9.29 Å². The minimum Gasteiger partial charge on any atom is -0.468 e. The van der Waals surface area contributed by atoms with E-state index in [1.165, 1.54) is 34.8 Å². The summed E-state index contributed by atoms with van der Waals surface area (Å²) in [6, 6.07) is 8.98. The fourth-order valence-corrected chi connectivity index (χ4v) is 4.35. The van der Waals surface area contributed by atoms with Gasteiger partial charge in [-0.2, -0.15) is 17.5 Å². The zero-order chi connectivity index (χ0) is 23.2. The van der Waals surface area contributed by atoms with E-state index in [-0.39, 0.29) is 23.1 Å². The zero-order valence-corrected chi connectivity index (χ0v) is 17.8. The van der Waals surface area contributed by atoms with Crippen LogP contribution >= 0.6 is 0 Å². The number of benzene rings is 1. The topological polar surface area (TPSA) is 97.8 Å². The maximum Gasteiger partial charge on any atom is 0.422 e. The number of anilines is 1. The van der Waals surface area contributed by atoms with E-state index >= 15 is 0 Å². The number of halogens is 3. The van der Waals surface area contributed by atoms with E-state index in [1.807, 2.05) is 0 Å². The number of ether oxygens (including phenoxy) is 2. The molecule has 1 aromatic heterocycles. The number of nitrogens with one attached hydrogen (secondary N) is 1. The van der Waals surface area contributed by atoms with Gasteiger partial charge >= 0.3 is 6.18 Å². The van der Waals surface area contributed by atoms with E-state index in [0.29, 0.717) is 38.4 Å². The van der Waals surface area contributed by atoms with Crippen LogP contribution in [0.4, 0.5) is 18.9 Å². The predicted octanol–water partition coefficient (Wildman–Crippen LogP) is 2.61. The Morgan fingerprint density at radius 3 is 2.41 bits per heavy atom. The van der Waals surface area contributed by atoms with Crippen LogP contribution in [0.25, 0.3) is 0 Å². The van der Waals surface area contributed by atoms with Gasteiger partial charge in [-0.1, -0.05) is 12.1 Å². The van der Waals surface area contributed by atoms with Gasteiger partial charge in [-0.3, -0.25) is 4.79 Å². The Labute approximate surface area is 183 Å². The average molecular weight is 473 g/mol. The molecular formula is C20H22F3N3O5S. The third-order valence-electron chi connectivity index (χ3n) is 4.58. The summed E-state index contributed by atoms with van der Waals surface area (Å²) in [7, 11) is -3.57. The Morgan fingerprint density at radius 2 is 1.81 bits per heavy atom. The lowest BCUT2D eigenvalue weighted by Crippen LogP contribution is -2.40. The van der Waals surface area contributed by atoms with Crippen molar-refractivity contribution in [3.05, 3.63) is 48.2 Å². The summed E-state index contributed by atoms with van der Waals surface area (Å²) in [5.74, 6) is -0.520. The minimum absolute atomic E-state index is 0.127. The molecule has 1 aliphatic heterocycles. The molecule has 2 heterocycles. The van der Waals surface area contributed by atoms with Crippen molar-refractivity contribution in [2.24, 2.45) is 0 Å². The standard InChI is InChI=1S/C20H22F3N3O5S/c21-20(22,23)14-31-19-8-4-16(13-24-19)25-18(27)7-3-15-1-5-17(6-2-15)32(28,29)26-9-11-30-12-10-26/h1-2,4-6,8,13H,3,7,9-12,14H2,(H,25,27). The number of aryl methyl sites for hydroxylation is 1. The van der Waals surface area contributed by atoms with Crippen LogP contribution in [0.5, 0.6) is 5.88 Å². The molecule has 1 N–H and O–H groups in total. The Bertz CT molecular complexity index is 1010. The van der Waals surface area contributed by atoms with E-state index < -0.39 is 22.8 Å². The number of carbonyl (C=O) groups excluding carboxylic acids is 1. The zero-order valence-electron chi connectivity index (χ0n) is 17.0. The van der Waals surface area contributed by atoms with Crippen LogP contribution in [0.15, 0.2) is 47.5 Å². The summed E-state index contributed by atoms with van der Waals surface area (Å²) in [5.41, 5.74) is 1.11. The molecule has 1 amide bonds. The van der Waals surface area contributed by atoms with Crippen molar-refractivity contribution in [3.8, 4) is 5.88 Å². The molecule has 2 aromatic rings. The molecule has 0 radical (unpaired) electrons. The Morgan fingerprint density at radius 1 is 1.12 bits per heavy atom. The van der Waals surface area contributed by atoms with Gasteiger partial charge in [0.25, 0.3) is 0 Å². The van der Waals surface area contributed by atoms with Gasteiger partial charge in [0, 0.05) is 25.6 Å². The van der Waals surface area contributed by atoms with Crippen LogP contribution in [0.3, 0.4) is 0 Å². The lowest BCUT2D eigenvalue weighted by atomic mass is 10.1. The number of hydrogen-bond donors (Lipinski definition) is 1. The van der Waals surface area contributed by atoms with E-state index in [4.69, 9.17) is 4.74 Å². The number of nitrogens with zero attached hydrogens (tertiary/aromatic N) is 2. The number of hydrogen-bond acceptors (Lipinski definition) is 6. The number of pyridine rings is 1. The third-order valence-corrected chi connectivity index (χ3v) is 6.49. The molecule has 0 saturated carbocycles. The molecular weight excluding hydrogens is 451 g/mol. The molecule has 3 rings (SSSR count). The van der Waals surface area contributed by atoms with Gasteiger partial charge < -0.3 is 14.8 Å². The second kappa shape index (κ2) is 10.3. The van der Waals surface area contributed by atoms with Gasteiger partial charge in [-0.25, -0.2) is 13.4 Å². The highest BCUT2D eigenvalue weighted by Crippen LogP contribution is 2.20. The number of carbonyl (C=O) groups is 1. The predicted molar refractivity (Wildman–Crippen MR) is 109 cm³/mol. The second-order valence-corrected chi connectivity index (χ2v) is 8.94. The Kier molecular flexibility index (Phi) is 7.69. The molecule has 8 nitrogen and oxygen atoms in total. The number of sulfonamides is 1. The summed E-state index contributed by atoms with van der Waals surface area (Å²) in [6.07, 6.45) is -2.75. The van der Waals surface area contributed by atoms with Crippen LogP contribution in [-0.2, 0) is 26.0 Å². The second-order valence-electron chi connectivity index (χ2n) is 7.00. The van der Waals surface area contributed by atoms with E-state index in [1.54, 1.807) is 12.1 Å². The molecule has 0 atom stereocenters. The van der Waals surface area contributed by atoms with Crippen molar-refractivity contribution in [2.45, 2.75) is 23.9 Å². The van der Waals surface area contributed by atoms with Crippen LogP contribution in [0, 0.1) is 0 Å². The molecule has 12 heteroatoms. The molecule has 0 aliphatic carbocycles. The first-order valence-electron chi connectivity index (χ1n) is 9.76. The molecule has 32 heavy (non-hydrogen) atoms. The van der Waals surface area contributed by atoms with Gasteiger partial charge in [-0.05, 0) is 30.2 Å². The van der Waals surface area contributed by atoms with Crippen molar-refractivity contribution < 1.29 is 35.9 Å². The average Bonchev–Trinajstić information content (AvgIpc) is 2.77. The monoisotopic (exact) mass is 473 g/mol. The van der Waals surface area contributed by atoms with E-state index in [0.717, 1.165) is 5.56 Å². The summed E-state index contributed by atoms with van der Waals surface area (Å²) in [6.45, 7) is -0.0855. The van der Waals surface area contributed by atoms with E-state index in [2.05, 4.69) is 15.0 Å². The van der Waals surface area contributed by atoms with E-state index in [9.17, 15) is 26.4 Å². The van der Waals surface area contributed by atoms with Crippen LogP contribution in [0.2, 0.25) is 0 Å². The summed E-state index contributed by atoms with van der Waals surface area (Å²) >= 11 is 0. The fraction of sp³-hybridized carbons (Fsp3) is 0.400. The Balaban J connectivity index is 1.48. The van der Waals surface area contributed by atoms with Crippen molar-refractivity contribution in [2.75, 3.05) is 38.2 Å². The summed E-state index contributed by atoms with van der Waals surface area (Å²) < 4.78 is 72.7. The van der Waals surface area contributed by atoms with Gasteiger partial charge in [0.05, 0.1) is 30.0 Å². The number of aromatic nitrogens is 1. The molecule has 0 bridgehead atoms. The normalized spacial score (nSPS) is 15.3. The number of alkyl halides is 3. The van der Waals surface area contributed by atoms with Crippen LogP contribution in [0.1, 0.15) is 12.0 Å². The molecule has 0 spiro atoms. The van der Waals surface area contributed by atoms with Gasteiger partial charge in [0.15, 0.2) is 6.61 Å². The summed E-state index contributed by atoms with van der Waals surface area (Å²) in [5, 5.41) is 2.60. The largest absolute Gasteiger partial charge is 0.468 e. The summed E-state index contributed by atoms with van der Waals surface area (Å²) in [4.78, 5) is 16.0. The molecule has 1 fully saturated rings. The first-order valence-corrected chi connectivity index (χ1v) is 11.2. The quantitative estimate of drug-likeness (QED) is 0.633. The lowest BCUT2D eigenvalue weighted by Gasteiger charge is -2.26. The molecule has 0 unspecified atom stereocenters. The molecule has 1 saturated heterocycles. The first kappa shape index (κ1) is 24.0. The van der Waals surface area contributed by atoms with Gasteiger partial charge in [0.2, 0.25) is 21.8 Å². The third kappa shape index (κ3) is 6.90. The van der Waals surface area contributed by atoms with Crippen molar-refractivity contribution in [1.29, 1.82) is 0 Å². The maximum atomic E-state index is 12.6. The number of rotatable bonds is 8. The number of amides is 1. The van der Waals surface area contributed by atoms with Crippen molar-refractivity contribution >= 4 is 21.6 Å². The first-order chi connectivity index (χ1) is 15.1. The SMILES string of the molecule is O=C(CCc1ccc(S(=O)(=O)N2CCOCC2)cc1)Nc1ccc(OCC(F)(F)F)nc1. The lowest BCUT2D eigenvalue weighted by molar-refractivity contribution is -0.154. The highest BCUT2D eigenvalue weighted by Gasteiger charge is 2.28. The van der Waals surface area contributed by atoms with Gasteiger partial charge in [-0.15, -0.1) is 0 Å². The molecule has 174 valence electrons. The molecule has 1 aromatic carbocycles. The smallest absolute Gasteiger partial charge is 0.422 e. The van der Waals surface area contributed by atoms with Crippen LogP contribution < -0.4 is 10.1 Å². The Hall–Kier alpha value is -2.70. The fourth-order valence-electron chi connectivity index (χ4n) is 2.94. The minimum atomic E-state index is -4.46. The number of morpholine rings is 1. The van der Waals surface area contributed by atoms with Crippen LogP contribution in [-0.4, -0.2) is 62.7 Å².